The van der Waals surface area contributed by atoms with Crippen molar-refractivity contribution in [2.75, 3.05) is 0 Å². The maximum absolute atomic E-state index is 6.41. The Hall–Kier alpha value is -5.94. The highest BCUT2D eigenvalue weighted by molar-refractivity contribution is 6.15. The normalized spacial score (nSPS) is 12.2. The number of rotatable bonds is 2. The molecule has 5 heteroatoms. The van der Waals surface area contributed by atoms with Crippen LogP contribution in [0, 0.1) is 0 Å². The van der Waals surface area contributed by atoms with E-state index in [1.54, 1.807) is 0 Å². The van der Waals surface area contributed by atoms with E-state index in [-0.39, 0.29) is 0 Å². The second-order valence-electron chi connectivity index (χ2n) is 11.0. The predicted molar refractivity (Wildman–Crippen MR) is 174 cm³/mol. The van der Waals surface area contributed by atoms with Crippen LogP contribution in [0.1, 0.15) is 0 Å². The van der Waals surface area contributed by atoms with Gasteiger partial charge in [0.25, 0.3) is 0 Å². The molecule has 5 nitrogen and oxygen atoms in total. The number of aromatic nitrogens is 3. The second-order valence-corrected chi connectivity index (χ2v) is 11.0. The number of hydrogen-bond acceptors (Lipinski definition) is 4. The van der Waals surface area contributed by atoms with Gasteiger partial charge in [0.15, 0.2) is 0 Å². The lowest BCUT2D eigenvalue weighted by atomic mass is 10.0. The van der Waals surface area contributed by atoms with Gasteiger partial charge in [-0.05, 0) is 59.3 Å². The summed E-state index contributed by atoms with van der Waals surface area (Å²) in [5.74, 6) is 0.570. The summed E-state index contributed by atoms with van der Waals surface area (Å²) in [7, 11) is 0. The summed E-state index contributed by atoms with van der Waals surface area (Å²) >= 11 is 0. The molecule has 0 spiro atoms. The molecule has 10 aromatic rings. The maximum atomic E-state index is 6.41. The highest BCUT2D eigenvalue weighted by atomic mass is 16.3. The van der Waals surface area contributed by atoms with Crippen molar-refractivity contribution >= 4 is 76.6 Å². The standard InChI is InChI=1S/C38H21N3O2/c1-2-10-23-21-31-28(19-22(23)9-1)25-11-3-6-14-30(25)41(31)38-39-36(35-27-13-5-8-16-33(27)43-37(35)40-38)24-17-18-34-29(20-24)26-12-4-7-15-32(26)42-34/h1-21H. The zero-order valence-electron chi connectivity index (χ0n) is 22.8. The van der Waals surface area contributed by atoms with E-state index in [0.717, 1.165) is 71.4 Å². The van der Waals surface area contributed by atoms with Crippen molar-refractivity contribution in [3.05, 3.63) is 127 Å². The lowest BCUT2D eigenvalue weighted by molar-refractivity contribution is 0.651. The monoisotopic (exact) mass is 551 g/mol. The molecule has 0 atom stereocenters. The van der Waals surface area contributed by atoms with Crippen molar-refractivity contribution in [1.82, 2.24) is 14.5 Å². The van der Waals surface area contributed by atoms with E-state index in [1.807, 2.05) is 42.5 Å². The number of hydrogen-bond donors (Lipinski definition) is 0. The molecule has 4 aromatic heterocycles. The molecule has 200 valence electrons. The van der Waals surface area contributed by atoms with E-state index in [9.17, 15) is 0 Å². The van der Waals surface area contributed by atoms with Crippen molar-refractivity contribution in [3.8, 4) is 17.2 Å². The molecular weight excluding hydrogens is 530 g/mol. The van der Waals surface area contributed by atoms with Crippen LogP contribution in [0.5, 0.6) is 0 Å². The van der Waals surface area contributed by atoms with E-state index in [1.165, 1.54) is 10.8 Å². The first-order valence-electron chi connectivity index (χ1n) is 14.3. The molecule has 0 unspecified atom stereocenters. The minimum absolute atomic E-state index is 0.560. The van der Waals surface area contributed by atoms with Crippen molar-refractivity contribution in [1.29, 1.82) is 0 Å². The van der Waals surface area contributed by atoms with Crippen LogP contribution in [0.4, 0.5) is 0 Å². The largest absolute Gasteiger partial charge is 0.456 e. The van der Waals surface area contributed by atoms with Gasteiger partial charge in [-0.15, -0.1) is 0 Å². The van der Waals surface area contributed by atoms with Gasteiger partial charge in [-0.3, -0.25) is 4.57 Å². The number of furan rings is 2. The average molecular weight is 552 g/mol. The minimum Gasteiger partial charge on any atom is -0.456 e. The zero-order chi connectivity index (χ0) is 28.1. The van der Waals surface area contributed by atoms with Gasteiger partial charge >= 0.3 is 0 Å². The van der Waals surface area contributed by atoms with E-state index in [2.05, 4.69) is 89.5 Å². The molecule has 6 aromatic carbocycles. The van der Waals surface area contributed by atoms with Gasteiger partial charge in [-0.1, -0.05) is 78.9 Å². The summed E-state index contributed by atoms with van der Waals surface area (Å²) < 4.78 is 14.7. The van der Waals surface area contributed by atoms with Gasteiger partial charge in [0.2, 0.25) is 11.7 Å². The summed E-state index contributed by atoms with van der Waals surface area (Å²) in [5, 5.41) is 8.71. The van der Waals surface area contributed by atoms with Crippen LogP contribution in [0.15, 0.2) is 136 Å². The van der Waals surface area contributed by atoms with Gasteiger partial charge in [-0.25, -0.2) is 4.98 Å². The fourth-order valence-corrected chi connectivity index (χ4v) is 6.66. The average Bonchev–Trinajstić information content (AvgIpc) is 3.72. The van der Waals surface area contributed by atoms with Gasteiger partial charge in [0, 0.05) is 32.5 Å². The summed E-state index contributed by atoms with van der Waals surface area (Å²) in [6.45, 7) is 0. The topological polar surface area (TPSA) is 57.0 Å². The molecule has 0 aliphatic carbocycles. The third kappa shape index (κ3) is 3.16. The molecule has 0 aliphatic heterocycles. The van der Waals surface area contributed by atoms with Gasteiger partial charge in [0.1, 0.15) is 16.7 Å². The van der Waals surface area contributed by atoms with Gasteiger partial charge in [0.05, 0.1) is 22.1 Å². The second kappa shape index (κ2) is 8.30. The van der Waals surface area contributed by atoms with Crippen molar-refractivity contribution in [2.24, 2.45) is 0 Å². The molecule has 4 heterocycles. The van der Waals surface area contributed by atoms with Crippen LogP contribution in [-0.4, -0.2) is 14.5 Å². The third-order valence-corrected chi connectivity index (χ3v) is 8.62. The van der Waals surface area contributed by atoms with E-state index >= 15 is 0 Å². The van der Waals surface area contributed by atoms with E-state index in [0.29, 0.717) is 11.7 Å². The number of benzene rings is 6. The molecule has 0 saturated carbocycles. The SMILES string of the molecule is c1ccc2cc3c(cc2c1)c1ccccc1n3-c1nc(-c2ccc3oc4ccccc4c3c2)c2c(n1)oc1ccccc12. The van der Waals surface area contributed by atoms with Crippen molar-refractivity contribution in [2.45, 2.75) is 0 Å². The molecule has 43 heavy (non-hydrogen) atoms. The molecule has 0 saturated heterocycles. The quantitative estimate of drug-likeness (QED) is 0.214. The van der Waals surface area contributed by atoms with Gasteiger partial charge in [-0.2, -0.15) is 4.98 Å². The van der Waals surface area contributed by atoms with Crippen LogP contribution in [0.2, 0.25) is 0 Å². The Kier molecular flexibility index (Phi) is 4.39. The van der Waals surface area contributed by atoms with Crippen molar-refractivity contribution < 1.29 is 8.83 Å². The zero-order valence-corrected chi connectivity index (χ0v) is 22.8. The first-order valence-corrected chi connectivity index (χ1v) is 14.3. The van der Waals surface area contributed by atoms with Crippen LogP contribution < -0.4 is 0 Å². The third-order valence-electron chi connectivity index (χ3n) is 8.62. The molecular formula is C38H21N3O2. The lowest BCUT2D eigenvalue weighted by Gasteiger charge is -2.10. The highest BCUT2D eigenvalue weighted by Crippen LogP contribution is 2.40. The molecule has 0 N–H and O–H groups in total. The smallest absolute Gasteiger partial charge is 0.238 e. The fraction of sp³-hybridized carbons (Fsp3) is 0. The molecule has 0 bridgehead atoms. The first-order chi connectivity index (χ1) is 21.3. The molecule has 0 fully saturated rings. The van der Waals surface area contributed by atoms with Crippen LogP contribution in [0.3, 0.4) is 0 Å². The molecule has 0 amide bonds. The molecule has 0 radical (unpaired) electrons. The summed E-state index contributed by atoms with van der Waals surface area (Å²) in [6.07, 6.45) is 0. The van der Waals surface area contributed by atoms with Crippen LogP contribution in [-0.2, 0) is 0 Å². The van der Waals surface area contributed by atoms with Crippen molar-refractivity contribution in [3.63, 3.8) is 0 Å². The maximum Gasteiger partial charge on any atom is 0.238 e. The first kappa shape index (κ1) is 22.7. The fourth-order valence-electron chi connectivity index (χ4n) is 6.66. The summed E-state index contributed by atoms with van der Waals surface area (Å²) in [6, 6.07) is 43.9. The Morgan fingerprint density at radius 2 is 1.14 bits per heavy atom. The Morgan fingerprint density at radius 3 is 2.00 bits per heavy atom. The van der Waals surface area contributed by atoms with Crippen LogP contribution in [0.25, 0.3) is 93.8 Å². The minimum atomic E-state index is 0.560. The Bertz CT molecular complexity index is 2750. The Morgan fingerprint density at radius 1 is 0.465 bits per heavy atom. The summed E-state index contributed by atoms with van der Waals surface area (Å²) in [4.78, 5) is 10.4. The van der Waals surface area contributed by atoms with Crippen LogP contribution >= 0.6 is 0 Å². The summed E-state index contributed by atoms with van der Waals surface area (Å²) in [5.41, 5.74) is 6.96. The Labute approximate surface area is 244 Å². The molecule has 10 rings (SSSR count). The number of fused-ring (bicyclic) bond motifs is 10. The number of nitrogens with zero attached hydrogens (tertiary/aromatic N) is 3. The Balaban J connectivity index is 1.34. The predicted octanol–water partition coefficient (Wildman–Crippen LogP) is 10.2. The number of para-hydroxylation sites is 3. The highest BCUT2D eigenvalue weighted by Gasteiger charge is 2.22. The van der Waals surface area contributed by atoms with Gasteiger partial charge < -0.3 is 8.83 Å². The van der Waals surface area contributed by atoms with E-state index in [4.69, 9.17) is 18.8 Å². The lowest BCUT2D eigenvalue weighted by Crippen LogP contribution is -2.02. The van der Waals surface area contributed by atoms with E-state index < -0.39 is 0 Å². The molecule has 0 aliphatic rings.